The minimum Gasteiger partial charge on any atom is -0.493 e. The highest BCUT2D eigenvalue weighted by atomic mass is 35.5. The molecule has 0 saturated carbocycles. The molecular formula is C15H23ClN2O3. The largest absolute Gasteiger partial charge is 0.493 e. The Hall–Kier alpha value is -1.46. The molecule has 0 fully saturated rings. The summed E-state index contributed by atoms with van der Waals surface area (Å²) in [5.41, 5.74) is 0.914. The molecule has 0 radical (unpaired) electrons. The van der Waals surface area contributed by atoms with Crippen LogP contribution in [-0.4, -0.2) is 32.7 Å². The van der Waals surface area contributed by atoms with Crippen molar-refractivity contribution in [1.82, 2.24) is 10.6 Å². The second-order valence-electron chi connectivity index (χ2n) is 4.43. The highest BCUT2D eigenvalue weighted by Gasteiger charge is 2.13. The van der Waals surface area contributed by atoms with Crippen LogP contribution in [0.15, 0.2) is 12.1 Å². The molecule has 0 heterocycles. The molecule has 0 aliphatic heterocycles. The number of rotatable bonds is 9. The molecule has 118 valence electrons. The minimum atomic E-state index is -0.0290. The van der Waals surface area contributed by atoms with Crippen LogP contribution in [0.4, 0.5) is 0 Å². The van der Waals surface area contributed by atoms with Gasteiger partial charge in [0.25, 0.3) is 0 Å². The van der Waals surface area contributed by atoms with E-state index in [4.69, 9.17) is 21.1 Å². The average Bonchev–Trinajstić information content (AvgIpc) is 2.46. The third kappa shape index (κ3) is 5.81. The van der Waals surface area contributed by atoms with E-state index in [9.17, 15) is 4.79 Å². The molecule has 0 bridgehead atoms. The van der Waals surface area contributed by atoms with E-state index >= 15 is 0 Å². The highest BCUT2D eigenvalue weighted by Crippen LogP contribution is 2.34. The molecular weight excluding hydrogens is 292 g/mol. The van der Waals surface area contributed by atoms with E-state index in [1.54, 1.807) is 13.2 Å². The number of hydrogen-bond donors (Lipinski definition) is 2. The third-order valence-corrected chi connectivity index (χ3v) is 3.05. The van der Waals surface area contributed by atoms with E-state index < -0.39 is 0 Å². The van der Waals surface area contributed by atoms with Crippen molar-refractivity contribution in [3.63, 3.8) is 0 Å². The molecule has 0 spiro atoms. The van der Waals surface area contributed by atoms with Crippen molar-refractivity contribution in [3.05, 3.63) is 22.7 Å². The highest BCUT2D eigenvalue weighted by molar-refractivity contribution is 6.30. The maximum Gasteiger partial charge on any atom is 0.223 e. The third-order valence-electron chi connectivity index (χ3n) is 2.83. The van der Waals surface area contributed by atoms with Gasteiger partial charge < -0.3 is 20.1 Å². The lowest BCUT2D eigenvalue weighted by Crippen LogP contribution is -2.24. The van der Waals surface area contributed by atoms with Gasteiger partial charge in [-0.2, -0.15) is 0 Å². The van der Waals surface area contributed by atoms with E-state index in [1.165, 1.54) is 0 Å². The number of amides is 1. The number of halogens is 1. The molecule has 0 atom stereocenters. The van der Waals surface area contributed by atoms with Crippen LogP contribution in [0.5, 0.6) is 11.5 Å². The molecule has 1 aromatic rings. The molecule has 5 nitrogen and oxygen atoms in total. The van der Waals surface area contributed by atoms with Crippen molar-refractivity contribution in [2.24, 2.45) is 0 Å². The number of hydrogen-bond acceptors (Lipinski definition) is 4. The Kier molecular flexibility index (Phi) is 7.93. The van der Waals surface area contributed by atoms with Gasteiger partial charge in [-0.15, -0.1) is 0 Å². The number of methoxy groups -OCH3 is 1. The van der Waals surface area contributed by atoms with Gasteiger partial charge >= 0.3 is 0 Å². The van der Waals surface area contributed by atoms with Crippen LogP contribution in [0, 0.1) is 0 Å². The molecule has 0 unspecified atom stereocenters. The van der Waals surface area contributed by atoms with Crippen LogP contribution in [0.2, 0.25) is 5.02 Å². The molecule has 0 aliphatic rings. The summed E-state index contributed by atoms with van der Waals surface area (Å²) < 4.78 is 11.1. The van der Waals surface area contributed by atoms with Crippen molar-refractivity contribution < 1.29 is 14.3 Å². The Balaban J connectivity index is 2.79. The lowest BCUT2D eigenvalue weighted by molar-refractivity contribution is -0.121. The van der Waals surface area contributed by atoms with Crippen molar-refractivity contribution in [2.75, 3.05) is 26.8 Å². The Morgan fingerprint density at radius 3 is 2.67 bits per heavy atom. The Morgan fingerprint density at radius 1 is 1.29 bits per heavy atom. The molecule has 0 saturated heterocycles. The summed E-state index contributed by atoms with van der Waals surface area (Å²) in [4.78, 5) is 11.4. The van der Waals surface area contributed by atoms with Gasteiger partial charge in [-0.1, -0.05) is 18.5 Å². The minimum absolute atomic E-state index is 0.0290. The maximum absolute atomic E-state index is 11.4. The van der Waals surface area contributed by atoms with Crippen LogP contribution >= 0.6 is 11.6 Å². The first kappa shape index (κ1) is 17.6. The van der Waals surface area contributed by atoms with Crippen molar-refractivity contribution in [2.45, 2.75) is 26.8 Å². The molecule has 1 amide bonds. The molecule has 1 aromatic carbocycles. The SMILES string of the molecule is CCNCc1cc(Cl)cc(OC)c1OCCC(=O)NCC. The monoisotopic (exact) mass is 314 g/mol. The summed E-state index contributed by atoms with van der Waals surface area (Å²) in [7, 11) is 1.57. The average molecular weight is 315 g/mol. The fourth-order valence-electron chi connectivity index (χ4n) is 1.86. The predicted octanol–water partition coefficient (Wildman–Crippen LogP) is 2.36. The van der Waals surface area contributed by atoms with Crippen LogP contribution in [0.3, 0.4) is 0 Å². The summed E-state index contributed by atoms with van der Waals surface area (Å²) >= 11 is 6.08. The lowest BCUT2D eigenvalue weighted by Gasteiger charge is -2.16. The zero-order valence-electron chi connectivity index (χ0n) is 12.8. The van der Waals surface area contributed by atoms with Gasteiger partial charge in [-0.25, -0.2) is 0 Å². The van der Waals surface area contributed by atoms with Gasteiger partial charge in [0, 0.05) is 29.7 Å². The van der Waals surface area contributed by atoms with E-state index in [-0.39, 0.29) is 5.91 Å². The van der Waals surface area contributed by atoms with E-state index in [1.807, 2.05) is 19.9 Å². The zero-order chi connectivity index (χ0) is 15.7. The van der Waals surface area contributed by atoms with Crippen LogP contribution in [0.25, 0.3) is 0 Å². The quantitative estimate of drug-likeness (QED) is 0.734. The second kappa shape index (κ2) is 9.47. The lowest BCUT2D eigenvalue weighted by atomic mass is 10.2. The predicted molar refractivity (Wildman–Crippen MR) is 84.2 cm³/mol. The molecule has 0 aliphatic carbocycles. The van der Waals surface area contributed by atoms with Gasteiger partial charge in [-0.05, 0) is 19.5 Å². The van der Waals surface area contributed by atoms with Crippen molar-refractivity contribution in [1.29, 1.82) is 0 Å². The first-order chi connectivity index (χ1) is 10.1. The van der Waals surface area contributed by atoms with Crippen LogP contribution in [0.1, 0.15) is 25.8 Å². The van der Waals surface area contributed by atoms with E-state index in [0.29, 0.717) is 42.6 Å². The normalized spacial score (nSPS) is 10.3. The molecule has 2 N–H and O–H groups in total. The van der Waals surface area contributed by atoms with Crippen LogP contribution < -0.4 is 20.1 Å². The number of carbonyl (C=O) groups is 1. The van der Waals surface area contributed by atoms with E-state index in [0.717, 1.165) is 12.1 Å². The van der Waals surface area contributed by atoms with Gasteiger partial charge in [0.1, 0.15) is 0 Å². The Labute approximate surface area is 131 Å². The summed E-state index contributed by atoms with van der Waals surface area (Å²) in [5.74, 6) is 1.18. The van der Waals surface area contributed by atoms with Gasteiger partial charge in [0.15, 0.2) is 11.5 Å². The fraction of sp³-hybridized carbons (Fsp3) is 0.533. The first-order valence-electron chi connectivity index (χ1n) is 7.08. The fourth-order valence-corrected chi connectivity index (χ4v) is 2.09. The van der Waals surface area contributed by atoms with Crippen molar-refractivity contribution >= 4 is 17.5 Å². The Morgan fingerprint density at radius 2 is 2.05 bits per heavy atom. The standard InChI is InChI=1S/C15H23ClN2O3/c1-4-17-10-11-8-12(16)9-13(20-3)15(11)21-7-6-14(19)18-5-2/h8-9,17H,4-7,10H2,1-3H3,(H,18,19). The smallest absolute Gasteiger partial charge is 0.223 e. The maximum atomic E-state index is 11.4. The summed E-state index contributed by atoms with van der Waals surface area (Å²) in [5, 5.41) is 6.56. The van der Waals surface area contributed by atoms with Gasteiger partial charge in [-0.3, -0.25) is 4.79 Å². The number of ether oxygens (including phenoxy) is 2. The van der Waals surface area contributed by atoms with Crippen LogP contribution in [-0.2, 0) is 11.3 Å². The zero-order valence-corrected chi connectivity index (χ0v) is 13.5. The van der Waals surface area contributed by atoms with Gasteiger partial charge in [0.05, 0.1) is 20.1 Å². The summed E-state index contributed by atoms with van der Waals surface area (Å²) in [6, 6.07) is 3.55. The Bertz CT molecular complexity index is 466. The summed E-state index contributed by atoms with van der Waals surface area (Å²) in [6.07, 6.45) is 0.306. The topological polar surface area (TPSA) is 59.6 Å². The summed E-state index contributed by atoms with van der Waals surface area (Å²) in [6.45, 7) is 6.29. The molecule has 6 heteroatoms. The van der Waals surface area contributed by atoms with E-state index in [2.05, 4.69) is 10.6 Å². The van der Waals surface area contributed by atoms with Gasteiger partial charge in [0.2, 0.25) is 5.91 Å². The number of benzene rings is 1. The number of carbonyl (C=O) groups excluding carboxylic acids is 1. The second-order valence-corrected chi connectivity index (χ2v) is 4.87. The first-order valence-corrected chi connectivity index (χ1v) is 7.46. The molecule has 0 aromatic heterocycles. The molecule has 21 heavy (non-hydrogen) atoms. The number of nitrogens with one attached hydrogen (secondary N) is 2. The van der Waals surface area contributed by atoms with Crippen molar-refractivity contribution in [3.8, 4) is 11.5 Å². The molecule has 1 rings (SSSR count).